The molecule has 106 valence electrons. The molecule has 1 saturated carbocycles. The number of hydrogen-bond acceptors (Lipinski definition) is 3. The molecule has 0 aromatic heterocycles. The molecule has 1 unspecified atom stereocenters. The normalized spacial score (nSPS) is 21.2. The van der Waals surface area contributed by atoms with Gasteiger partial charge in [0.2, 0.25) is 0 Å². The number of carbonyl (C=O) groups is 1. The predicted octanol–water partition coefficient (Wildman–Crippen LogP) is 2.09. The minimum Gasteiger partial charge on any atom is -0.480 e. The Morgan fingerprint density at radius 2 is 1.94 bits per heavy atom. The maximum absolute atomic E-state index is 11.5. The highest BCUT2D eigenvalue weighted by Crippen LogP contribution is 2.23. The summed E-state index contributed by atoms with van der Waals surface area (Å²) in [6.07, 6.45) is 6.28. The highest BCUT2D eigenvalue weighted by molar-refractivity contribution is 5.78. The first-order chi connectivity index (χ1) is 8.35. The van der Waals surface area contributed by atoms with Gasteiger partial charge in [0, 0.05) is 18.6 Å². The first kappa shape index (κ1) is 15.4. The zero-order chi connectivity index (χ0) is 13.8. The summed E-state index contributed by atoms with van der Waals surface area (Å²) in [5.74, 6) is -0.765. The van der Waals surface area contributed by atoms with Crippen LogP contribution in [0.5, 0.6) is 0 Å². The topological polar surface area (TPSA) is 52.6 Å². The van der Waals surface area contributed by atoms with Crippen LogP contribution in [0.2, 0.25) is 0 Å². The zero-order valence-electron chi connectivity index (χ0n) is 12.2. The minimum absolute atomic E-state index is 0.172. The molecule has 1 aliphatic rings. The maximum atomic E-state index is 11.5. The Bertz CT molecular complexity index is 275. The average Bonchev–Trinajstić information content (AvgIpc) is 2.28. The number of rotatable bonds is 6. The molecule has 0 aromatic rings. The van der Waals surface area contributed by atoms with Gasteiger partial charge in [-0.15, -0.1) is 0 Å². The second kappa shape index (κ2) is 6.53. The Kier molecular flexibility index (Phi) is 5.60. The van der Waals surface area contributed by atoms with E-state index in [-0.39, 0.29) is 6.04 Å². The van der Waals surface area contributed by atoms with Crippen LogP contribution < -0.4 is 5.32 Å². The molecule has 4 heteroatoms. The van der Waals surface area contributed by atoms with E-state index >= 15 is 0 Å². The molecular weight excluding hydrogens is 228 g/mol. The van der Waals surface area contributed by atoms with Crippen LogP contribution in [0.4, 0.5) is 0 Å². The van der Waals surface area contributed by atoms with Gasteiger partial charge in [0.25, 0.3) is 0 Å². The molecule has 1 fully saturated rings. The maximum Gasteiger partial charge on any atom is 0.324 e. The highest BCUT2D eigenvalue weighted by Gasteiger charge is 2.36. The van der Waals surface area contributed by atoms with Crippen LogP contribution in [0, 0.1) is 0 Å². The van der Waals surface area contributed by atoms with Gasteiger partial charge >= 0.3 is 5.97 Å². The molecule has 1 atom stereocenters. The van der Waals surface area contributed by atoms with E-state index in [4.69, 9.17) is 0 Å². The summed E-state index contributed by atoms with van der Waals surface area (Å²) in [7, 11) is 2.05. The lowest BCUT2D eigenvalue weighted by Crippen LogP contribution is -2.59. The van der Waals surface area contributed by atoms with Gasteiger partial charge in [-0.25, -0.2) is 0 Å². The molecule has 0 spiro atoms. The zero-order valence-corrected chi connectivity index (χ0v) is 12.2. The van der Waals surface area contributed by atoms with Crippen LogP contribution in [0.15, 0.2) is 0 Å². The SMILES string of the molecule is CC(C)NC(C)(CN(C)C1CCCCC1)C(=O)O. The van der Waals surface area contributed by atoms with E-state index in [1.165, 1.54) is 32.1 Å². The van der Waals surface area contributed by atoms with E-state index < -0.39 is 11.5 Å². The van der Waals surface area contributed by atoms with Crippen molar-refractivity contribution in [2.75, 3.05) is 13.6 Å². The highest BCUT2D eigenvalue weighted by atomic mass is 16.4. The van der Waals surface area contributed by atoms with E-state index in [0.717, 1.165) is 0 Å². The minimum atomic E-state index is -0.861. The molecule has 1 aliphatic carbocycles. The fourth-order valence-corrected chi connectivity index (χ4v) is 2.96. The fourth-order valence-electron chi connectivity index (χ4n) is 2.96. The van der Waals surface area contributed by atoms with Gasteiger partial charge in [0.1, 0.15) is 5.54 Å². The van der Waals surface area contributed by atoms with Gasteiger partial charge in [-0.2, -0.15) is 0 Å². The second-order valence-electron chi connectivity index (χ2n) is 6.14. The van der Waals surface area contributed by atoms with Crippen molar-refractivity contribution in [1.29, 1.82) is 0 Å². The second-order valence-corrected chi connectivity index (χ2v) is 6.14. The molecule has 0 heterocycles. The van der Waals surface area contributed by atoms with E-state index in [1.807, 2.05) is 13.8 Å². The van der Waals surface area contributed by atoms with Crippen molar-refractivity contribution in [2.45, 2.75) is 70.5 Å². The van der Waals surface area contributed by atoms with Crippen LogP contribution in [-0.4, -0.2) is 47.2 Å². The van der Waals surface area contributed by atoms with Crippen LogP contribution in [0.25, 0.3) is 0 Å². The Hall–Kier alpha value is -0.610. The number of nitrogens with one attached hydrogen (secondary N) is 1. The number of likely N-dealkylation sites (N-methyl/N-ethyl adjacent to an activating group) is 1. The van der Waals surface area contributed by atoms with Gasteiger partial charge in [0.15, 0.2) is 0 Å². The summed E-state index contributed by atoms with van der Waals surface area (Å²) < 4.78 is 0. The average molecular weight is 256 g/mol. The largest absolute Gasteiger partial charge is 0.480 e. The van der Waals surface area contributed by atoms with E-state index in [1.54, 1.807) is 6.92 Å². The Morgan fingerprint density at radius 3 is 2.39 bits per heavy atom. The molecule has 0 bridgehead atoms. The first-order valence-corrected chi connectivity index (χ1v) is 7.06. The number of carboxylic acids is 1. The quantitative estimate of drug-likeness (QED) is 0.764. The van der Waals surface area contributed by atoms with Crippen LogP contribution >= 0.6 is 0 Å². The number of carboxylic acid groups (broad SMARTS) is 1. The lowest BCUT2D eigenvalue weighted by molar-refractivity contribution is -0.145. The van der Waals surface area contributed by atoms with Crippen LogP contribution in [0.1, 0.15) is 52.9 Å². The molecule has 4 nitrogen and oxygen atoms in total. The summed E-state index contributed by atoms with van der Waals surface area (Å²) >= 11 is 0. The number of nitrogens with zero attached hydrogens (tertiary/aromatic N) is 1. The smallest absolute Gasteiger partial charge is 0.324 e. The molecular formula is C14H28N2O2. The van der Waals surface area contributed by atoms with Gasteiger partial charge in [-0.05, 0) is 40.7 Å². The molecule has 0 aliphatic heterocycles. The Morgan fingerprint density at radius 1 is 1.39 bits per heavy atom. The van der Waals surface area contributed by atoms with Gasteiger partial charge in [0.05, 0.1) is 0 Å². The standard InChI is InChI=1S/C14H28N2O2/c1-11(2)15-14(3,13(17)18)10-16(4)12-8-6-5-7-9-12/h11-12,15H,5-10H2,1-4H3,(H,17,18). The lowest BCUT2D eigenvalue weighted by Gasteiger charge is -2.38. The summed E-state index contributed by atoms with van der Waals surface area (Å²) in [5, 5.41) is 12.6. The molecule has 1 rings (SSSR count). The molecule has 0 radical (unpaired) electrons. The van der Waals surface area contributed by atoms with Crippen molar-refractivity contribution in [3.63, 3.8) is 0 Å². The van der Waals surface area contributed by atoms with Crippen molar-refractivity contribution in [3.05, 3.63) is 0 Å². The fraction of sp³-hybridized carbons (Fsp3) is 0.929. The van der Waals surface area contributed by atoms with E-state index in [2.05, 4.69) is 17.3 Å². The summed E-state index contributed by atoms with van der Waals surface area (Å²) in [5.41, 5.74) is -0.861. The number of hydrogen-bond donors (Lipinski definition) is 2. The predicted molar refractivity (Wildman–Crippen MR) is 73.8 cm³/mol. The Balaban J connectivity index is 2.61. The molecule has 0 saturated heterocycles. The van der Waals surface area contributed by atoms with Crippen LogP contribution in [0.3, 0.4) is 0 Å². The van der Waals surface area contributed by atoms with Crippen molar-refractivity contribution < 1.29 is 9.90 Å². The molecule has 2 N–H and O–H groups in total. The molecule has 0 amide bonds. The Labute approximate surface area is 111 Å². The third-order valence-corrected chi connectivity index (χ3v) is 3.84. The molecule has 0 aromatic carbocycles. The van der Waals surface area contributed by atoms with Gasteiger partial charge < -0.3 is 10.0 Å². The first-order valence-electron chi connectivity index (χ1n) is 7.06. The summed E-state index contributed by atoms with van der Waals surface area (Å²) in [6, 6.07) is 0.720. The van der Waals surface area contributed by atoms with Gasteiger partial charge in [-0.1, -0.05) is 19.3 Å². The summed E-state index contributed by atoms with van der Waals surface area (Å²) in [4.78, 5) is 13.7. The van der Waals surface area contributed by atoms with Crippen LogP contribution in [-0.2, 0) is 4.79 Å². The van der Waals surface area contributed by atoms with Crippen molar-refractivity contribution in [2.24, 2.45) is 0 Å². The van der Waals surface area contributed by atoms with Crippen molar-refractivity contribution in [1.82, 2.24) is 10.2 Å². The summed E-state index contributed by atoms with van der Waals surface area (Å²) in [6.45, 7) is 6.32. The van der Waals surface area contributed by atoms with E-state index in [0.29, 0.717) is 12.6 Å². The number of aliphatic carboxylic acids is 1. The monoisotopic (exact) mass is 256 g/mol. The third-order valence-electron chi connectivity index (χ3n) is 3.84. The van der Waals surface area contributed by atoms with Crippen molar-refractivity contribution >= 4 is 5.97 Å². The lowest BCUT2D eigenvalue weighted by atomic mass is 9.92. The van der Waals surface area contributed by atoms with Crippen molar-refractivity contribution in [3.8, 4) is 0 Å². The van der Waals surface area contributed by atoms with Gasteiger partial charge in [-0.3, -0.25) is 10.1 Å². The molecule has 18 heavy (non-hydrogen) atoms. The third kappa shape index (κ3) is 4.25. The van der Waals surface area contributed by atoms with E-state index in [9.17, 15) is 9.90 Å².